The fraction of sp³-hybridized carbons (Fsp3) is 0.211. The molecular formula is C19H19BrN2S2. The topological polar surface area (TPSA) is 27.8 Å². The zero-order valence-corrected chi connectivity index (χ0v) is 16.4. The van der Waals surface area contributed by atoms with Crippen molar-refractivity contribution in [3.63, 3.8) is 0 Å². The first-order chi connectivity index (χ1) is 11.7. The van der Waals surface area contributed by atoms with Crippen LogP contribution in [0.5, 0.6) is 0 Å². The van der Waals surface area contributed by atoms with Crippen LogP contribution in [0.4, 0.5) is 0 Å². The highest BCUT2D eigenvalue weighted by Crippen LogP contribution is 2.18. The molecule has 0 atom stereocenters. The van der Waals surface area contributed by atoms with Crippen molar-refractivity contribution in [3.05, 3.63) is 70.3 Å². The minimum Gasteiger partial charge on any atom is -0.371 e. The molecule has 2 N–H and O–H groups in total. The van der Waals surface area contributed by atoms with Gasteiger partial charge in [-0.2, -0.15) is 0 Å². The minimum atomic E-state index is 0.866. The molecular weight excluding hydrogens is 400 g/mol. The van der Waals surface area contributed by atoms with E-state index in [0.717, 1.165) is 33.9 Å². The molecule has 3 aromatic rings. The lowest BCUT2D eigenvalue weighted by atomic mass is 10.1. The van der Waals surface area contributed by atoms with Gasteiger partial charge in [-0.1, -0.05) is 70.2 Å². The average molecular weight is 419 g/mol. The van der Waals surface area contributed by atoms with Gasteiger partial charge in [-0.05, 0) is 42.2 Å². The first-order valence-corrected chi connectivity index (χ1v) is 10.1. The van der Waals surface area contributed by atoms with Crippen molar-refractivity contribution in [1.82, 2.24) is 10.3 Å². The maximum Gasteiger partial charge on any atom is 0.133 e. The van der Waals surface area contributed by atoms with Gasteiger partial charge in [0.15, 0.2) is 0 Å². The minimum absolute atomic E-state index is 0.866. The zero-order chi connectivity index (χ0) is 16.8. The predicted octanol–water partition coefficient (Wildman–Crippen LogP) is 5.32. The molecule has 2 aromatic carbocycles. The Hall–Kier alpha value is -1.30. The fourth-order valence-corrected chi connectivity index (χ4v) is 4.17. The smallest absolute Gasteiger partial charge is 0.133 e. The molecule has 0 radical (unpaired) electrons. The molecule has 0 amide bonds. The summed E-state index contributed by atoms with van der Waals surface area (Å²) >= 11 is 10.6. The van der Waals surface area contributed by atoms with Gasteiger partial charge < -0.3 is 10.3 Å². The molecule has 1 heterocycles. The SMILES string of the molecule is S=C(NCCc1c[nH]c2ccccc12)SCCc1cccc(Br)c1. The molecule has 3 rings (SSSR count). The van der Waals surface area contributed by atoms with E-state index in [0.29, 0.717) is 0 Å². The number of thioether (sulfide) groups is 1. The van der Waals surface area contributed by atoms with E-state index >= 15 is 0 Å². The number of nitrogens with one attached hydrogen (secondary N) is 2. The van der Waals surface area contributed by atoms with Gasteiger partial charge in [-0.15, -0.1) is 0 Å². The number of rotatable bonds is 6. The van der Waals surface area contributed by atoms with Crippen LogP contribution in [0.15, 0.2) is 59.2 Å². The number of hydrogen-bond donors (Lipinski definition) is 2. The molecule has 0 fully saturated rings. The number of para-hydroxylation sites is 1. The molecule has 1 aromatic heterocycles. The lowest BCUT2D eigenvalue weighted by Crippen LogP contribution is -2.21. The van der Waals surface area contributed by atoms with Crippen molar-refractivity contribution < 1.29 is 0 Å². The maximum atomic E-state index is 5.42. The van der Waals surface area contributed by atoms with Crippen LogP contribution in [0.25, 0.3) is 10.9 Å². The number of fused-ring (bicyclic) bond motifs is 1. The molecule has 0 bridgehead atoms. The van der Waals surface area contributed by atoms with Gasteiger partial charge in [-0.25, -0.2) is 0 Å². The first-order valence-electron chi connectivity index (χ1n) is 7.92. The Kier molecular flexibility index (Phi) is 6.35. The summed E-state index contributed by atoms with van der Waals surface area (Å²) in [5.74, 6) is 0.995. The molecule has 24 heavy (non-hydrogen) atoms. The van der Waals surface area contributed by atoms with Gasteiger partial charge in [0.2, 0.25) is 0 Å². The number of thiocarbonyl (C=S) groups is 1. The second-order valence-corrected chi connectivity index (χ2v) is 8.24. The lowest BCUT2D eigenvalue weighted by molar-refractivity contribution is 0.887. The monoisotopic (exact) mass is 418 g/mol. The van der Waals surface area contributed by atoms with Crippen molar-refractivity contribution in [2.24, 2.45) is 0 Å². The van der Waals surface area contributed by atoms with Crippen molar-refractivity contribution >= 4 is 55.1 Å². The summed E-state index contributed by atoms with van der Waals surface area (Å²) in [5.41, 5.74) is 3.86. The summed E-state index contributed by atoms with van der Waals surface area (Å²) in [6.45, 7) is 0.866. The first kappa shape index (κ1) is 17.5. The van der Waals surface area contributed by atoms with Crippen LogP contribution in [-0.4, -0.2) is 21.6 Å². The molecule has 0 aliphatic carbocycles. The van der Waals surface area contributed by atoms with Crippen LogP contribution >= 0.6 is 39.9 Å². The Balaban J connectivity index is 1.40. The third-order valence-electron chi connectivity index (χ3n) is 3.85. The molecule has 0 unspecified atom stereocenters. The van der Waals surface area contributed by atoms with E-state index in [-0.39, 0.29) is 0 Å². The highest BCUT2D eigenvalue weighted by atomic mass is 79.9. The van der Waals surface area contributed by atoms with Crippen LogP contribution in [0, 0.1) is 0 Å². The number of halogens is 1. The Labute approximate surface area is 160 Å². The Morgan fingerprint density at radius 2 is 2.00 bits per heavy atom. The molecule has 0 aliphatic heterocycles. The molecule has 2 nitrogen and oxygen atoms in total. The second kappa shape index (κ2) is 8.70. The molecule has 124 valence electrons. The highest BCUT2D eigenvalue weighted by Gasteiger charge is 2.03. The summed E-state index contributed by atoms with van der Waals surface area (Å²) in [6, 6.07) is 16.8. The molecule has 0 saturated heterocycles. The predicted molar refractivity (Wildman–Crippen MR) is 113 cm³/mol. The van der Waals surface area contributed by atoms with Crippen LogP contribution in [0.2, 0.25) is 0 Å². The molecule has 5 heteroatoms. The number of aromatic amines is 1. The van der Waals surface area contributed by atoms with Crippen molar-refractivity contribution in [2.75, 3.05) is 12.3 Å². The number of benzene rings is 2. The number of aromatic nitrogens is 1. The van der Waals surface area contributed by atoms with E-state index in [1.54, 1.807) is 11.8 Å². The molecule has 0 saturated carbocycles. The van der Waals surface area contributed by atoms with Gasteiger partial charge in [0.05, 0.1) is 0 Å². The van der Waals surface area contributed by atoms with E-state index in [1.165, 1.54) is 22.0 Å². The average Bonchev–Trinajstić information content (AvgIpc) is 2.98. The quantitative estimate of drug-likeness (QED) is 0.530. The summed E-state index contributed by atoms with van der Waals surface area (Å²) in [5, 5.41) is 4.65. The highest BCUT2D eigenvalue weighted by molar-refractivity contribution is 9.10. The van der Waals surface area contributed by atoms with Crippen LogP contribution in [-0.2, 0) is 12.8 Å². The Morgan fingerprint density at radius 1 is 1.12 bits per heavy atom. The fourth-order valence-electron chi connectivity index (χ4n) is 2.64. The van der Waals surface area contributed by atoms with Crippen LogP contribution in [0.1, 0.15) is 11.1 Å². The molecule has 0 aliphatic rings. The lowest BCUT2D eigenvalue weighted by Gasteiger charge is -2.07. The third kappa shape index (κ3) is 4.85. The van der Waals surface area contributed by atoms with E-state index in [2.05, 4.69) is 74.9 Å². The van der Waals surface area contributed by atoms with E-state index in [1.807, 2.05) is 6.07 Å². The van der Waals surface area contributed by atoms with Crippen molar-refractivity contribution in [2.45, 2.75) is 12.8 Å². The van der Waals surface area contributed by atoms with Crippen LogP contribution in [0.3, 0.4) is 0 Å². The van der Waals surface area contributed by atoms with Gasteiger partial charge in [0.1, 0.15) is 4.32 Å². The second-order valence-electron chi connectivity index (χ2n) is 5.55. The van der Waals surface area contributed by atoms with Gasteiger partial charge >= 0.3 is 0 Å². The van der Waals surface area contributed by atoms with Crippen LogP contribution < -0.4 is 5.32 Å². The van der Waals surface area contributed by atoms with Gasteiger partial charge in [0.25, 0.3) is 0 Å². The normalized spacial score (nSPS) is 10.9. The maximum absolute atomic E-state index is 5.42. The largest absolute Gasteiger partial charge is 0.371 e. The summed E-state index contributed by atoms with van der Waals surface area (Å²) in [4.78, 5) is 3.31. The molecule has 0 spiro atoms. The van der Waals surface area contributed by atoms with E-state index in [9.17, 15) is 0 Å². The number of hydrogen-bond acceptors (Lipinski definition) is 2. The zero-order valence-electron chi connectivity index (χ0n) is 13.2. The summed E-state index contributed by atoms with van der Waals surface area (Å²) in [7, 11) is 0. The standard InChI is InChI=1S/C19H19BrN2S2/c20-16-5-3-4-14(12-16)9-11-24-19(23)21-10-8-15-13-22-18-7-2-1-6-17(15)18/h1-7,12-13,22H,8-11H2,(H,21,23). The Morgan fingerprint density at radius 3 is 2.88 bits per heavy atom. The summed E-state index contributed by atoms with van der Waals surface area (Å²) in [6.07, 6.45) is 4.08. The van der Waals surface area contributed by atoms with Crippen molar-refractivity contribution in [1.29, 1.82) is 0 Å². The van der Waals surface area contributed by atoms with Crippen molar-refractivity contribution in [3.8, 4) is 0 Å². The number of aryl methyl sites for hydroxylation is 1. The van der Waals surface area contributed by atoms with E-state index < -0.39 is 0 Å². The third-order valence-corrected chi connectivity index (χ3v) is 5.66. The van der Waals surface area contributed by atoms with Gasteiger partial charge in [0, 0.05) is 33.9 Å². The van der Waals surface area contributed by atoms with E-state index in [4.69, 9.17) is 12.2 Å². The Bertz CT molecular complexity index is 829. The number of H-pyrrole nitrogens is 1. The van der Waals surface area contributed by atoms with Gasteiger partial charge in [-0.3, -0.25) is 0 Å². The summed E-state index contributed by atoms with van der Waals surface area (Å²) < 4.78 is 2.01.